The van der Waals surface area contributed by atoms with Crippen LogP contribution in [0.1, 0.15) is 41.5 Å². The minimum Gasteiger partial charge on any atom is -0.509 e. The third kappa shape index (κ3) is 2.13. The standard InChI is InChI=1S/C18H23NO3/c1-10-7-11(2)14(12(3)8-10)15-16(20)18(19-17(15)21)6-5-13(9-18)22-4/h7-8,13,20H,5-6,9H2,1-4H3,(H,19,21)/t13-,18-/m0/s1. The van der Waals surface area contributed by atoms with Crippen molar-refractivity contribution < 1.29 is 14.6 Å². The molecule has 1 heterocycles. The highest BCUT2D eigenvalue weighted by molar-refractivity contribution is 6.24. The van der Waals surface area contributed by atoms with Gasteiger partial charge in [-0.3, -0.25) is 4.79 Å². The van der Waals surface area contributed by atoms with Crippen molar-refractivity contribution in [3.63, 3.8) is 0 Å². The van der Waals surface area contributed by atoms with Gasteiger partial charge in [0.2, 0.25) is 0 Å². The van der Waals surface area contributed by atoms with Crippen molar-refractivity contribution in [1.82, 2.24) is 5.32 Å². The summed E-state index contributed by atoms with van der Waals surface area (Å²) in [5.41, 5.74) is 3.86. The summed E-state index contributed by atoms with van der Waals surface area (Å²) in [4.78, 5) is 12.6. The molecule has 1 fully saturated rings. The maximum atomic E-state index is 12.6. The molecule has 1 aromatic carbocycles. The minimum absolute atomic E-state index is 0.0852. The van der Waals surface area contributed by atoms with Crippen LogP contribution >= 0.6 is 0 Å². The summed E-state index contributed by atoms with van der Waals surface area (Å²) in [6.45, 7) is 6.01. The molecular weight excluding hydrogens is 278 g/mol. The number of hydrogen-bond acceptors (Lipinski definition) is 3. The van der Waals surface area contributed by atoms with Crippen LogP contribution in [0.25, 0.3) is 5.57 Å². The molecule has 0 bridgehead atoms. The molecule has 1 aliphatic carbocycles. The molecule has 1 spiro atoms. The van der Waals surface area contributed by atoms with Gasteiger partial charge in [-0.2, -0.15) is 0 Å². The lowest BCUT2D eigenvalue weighted by Crippen LogP contribution is -2.42. The zero-order valence-corrected chi connectivity index (χ0v) is 13.6. The SMILES string of the molecule is CO[C@H]1CC[C@@]2(C1)NC(=O)C(c1c(C)cc(C)cc1C)=C2O. The minimum atomic E-state index is -0.642. The van der Waals surface area contributed by atoms with E-state index in [-0.39, 0.29) is 17.8 Å². The van der Waals surface area contributed by atoms with Crippen LogP contribution in [0.15, 0.2) is 17.9 Å². The molecule has 1 aliphatic heterocycles. The zero-order chi connectivity index (χ0) is 16.1. The number of ether oxygens (including phenoxy) is 1. The van der Waals surface area contributed by atoms with Gasteiger partial charge in [-0.1, -0.05) is 17.7 Å². The lowest BCUT2D eigenvalue weighted by Gasteiger charge is -2.23. The lowest BCUT2D eigenvalue weighted by atomic mass is 9.89. The lowest BCUT2D eigenvalue weighted by molar-refractivity contribution is -0.116. The van der Waals surface area contributed by atoms with Gasteiger partial charge in [0.05, 0.1) is 11.7 Å². The Labute approximate surface area is 131 Å². The Morgan fingerprint density at radius 2 is 1.91 bits per heavy atom. The second-order valence-corrected chi connectivity index (χ2v) is 6.63. The highest BCUT2D eigenvalue weighted by Crippen LogP contribution is 2.44. The van der Waals surface area contributed by atoms with Crippen LogP contribution in [0.3, 0.4) is 0 Å². The average Bonchev–Trinajstić information content (AvgIpc) is 2.95. The molecule has 0 saturated heterocycles. The first-order valence-corrected chi connectivity index (χ1v) is 7.75. The topological polar surface area (TPSA) is 58.6 Å². The predicted molar refractivity (Wildman–Crippen MR) is 85.7 cm³/mol. The number of aryl methyl sites for hydroxylation is 3. The first-order valence-electron chi connectivity index (χ1n) is 7.75. The van der Waals surface area contributed by atoms with Gasteiger partial charge in [-0.05, 0) is 50.3 Å². The van der Waals surface area contributed by atoms with Gasteiger partial charge in [0, 0.05) is 13.5 Å². The van der Waals surface area contributed by atoms with E-state index in [4.69, 9.17) is 4.74 Å². The molecule has 1 saturated carbocycles. The van der Waals surface area contributed by atoms with Crippen molar-refractivity contribution in [1.29, 1.82) is 0 Å². The number of methoxy groups -OCH3 is 1. The van der Waals surface area contributed by atoms with Gasteiger partial charge in [0.25, 0.3) is 5.91 Å². The van der Waals surface area contributed by atoms with E-state index < -0.39 is 5.54 Å². The normalized spacial score (nSPS) is 27.8. The van der Waals surface area contributed by atoms with E-state index in [1.54, 1.807) is 7.11 Å². The molecule has 22 heavy (non-hydrogen) atoms. The largest absolute Gasteiger partial charge is 0.509 e. The van der Waals surface area contributed by atoms with Gasteiger partial charge >= 0.3 is 0 Å². The average molecular weight is 301 g/mol. The summed E-state index contributed by atoms with van der Waals surface area (Å²) in [6.07, 6.45) is 2.28. The molecule has 4 heteroatoms. The maximum Gasteiger partial charge on any atom is 0.256 e. The van der Waals surface area contributed by atoms with E-state index in [1.165, 1.54) is 0 Å². The molecule has 3 rings (SSSR count). The van der Waals surface area contributed by atoms with Crippen LogP contribution in [0.5, 0.6) is 0 Å². The summed E-state index contributed by atoms with van der Waals surface area (Å²) in [6, 6.07) is 4.10. The third-order valence-electron chi connectivity index (χ3n) is 5.00. The molecule has 2 N–H and O–H groups in total. The number of carbonyl (C=O) groups excluding carboxylic acids is 1. The van der Waals surface area contributed by atoms with E-state index >= 15 is 0 Å². The number of nitrogens with one attached hydrogen (secondary N) is 1. The Kier molecular flexibility index (Phi) is 3.52. The van der Waals surface area contributed by atoms with Crippen LogP contribution in [-0.2, 0) is 9.53 Å². The number of rotatable bonds is 2. The molecule has 0 unspecified atom stereocenters. The smallest absolute Gasteiger partial charge is 0.256 e. The molecule has 118 valence electrons. The summed E-state index contributed by atoms with van der Waals surface area (Å²) >= 11 is 0. The quantitative estimate of drug-likeness (QED) is 0.883. The van der Waals surface area contributed by atoms with Gasteiger partial charge in [0.1, 0.15) is 11.3 Å². The Bertz CT molecular complexity index is 654. The van der Waals surface area contributed by atoms with E-state index in [1.807, 2.05) is 32.9 Å². The van der Waals surface area contributed by atoms with Crippen molar-refractivity contribution in [2.75, 3.05) is 7.11 Å². The van der Waals surface area contributed by atoms with E-state index in [2.05, 4.69) is 5.32 Å². The van der Waals surface area contributed by atoms with Crippen molar-refractivity contribution in [3.8, 4) is 0 Å². The number of carbonyl (C=O) groups is 1. The monoisotopic (exact) mass is 301 g/mol. The molecule has 1 amide bonds. The molecule has 0 radical (unpaired) electrons. The number of amides is 1. The number of hydrogen-bond donors (Lipinski definition) is 2. The summed E-state index contributed by atoms with van der Waals surface area (Å²) in [7, 11) is 1.68. The second kappa shape index (κ2) is 5.13. The van der Waals surface area contributed by atoms with E-state index in [9.17, 15) is 9.90 Å². The zero-order valence-electron chi connectivity index (χ0n) is 13.6. The number of aliphatic hydroxyl groups is 1. The Morgan fingerprint density at radius 1 is 1.27 bits per heavy atom. The first-order chi connectivity index (χ1) is 10.4. The maximum absolute atomic E-state index is 12.6. The van der Waals surface area contributed by atoms with Crippen LogP contribution in [0, 0.1) is 20.8 Å². The fourth-order valence-corrected chi connectivity index (χ4v) is 4.02. The predicted octanol–water partition coefficient (Wildman–Crippen LogP) is 2.95. The van der Waals surface area contributed by atoms with Gasteiger partial charge in [0.15, 0.2) is 0 Å². The van der Waals surface area contributed by atoms with Gasteiger partial charge < -0.3 is 15.2 Å². The third-order valence-corrected chi connectivity index (χ3v) is 5.00. The van der Waals surface area contributed by atoms with Gasteiger partial charge in [-0.15, -0.1) is 0 Å². The Hall–Kier alpha value is -1.81. The Morgan fingerprint density at radius 3 is 2.45 bits per heavy atom. The molecule has 0 aromatic heterocycles. The molecule has 2 aliphatic rings. The summed E-state index contributed by atoms with van der Waals surface area (Å²) < 4.78 is 5.40. The highest BCUT2D eigenvalue weighted by Gasteiger charge is 2.51. The number of benzene rings is 1. The first kappa shape index (κ1) is 15.1. The van der Waals surface area contributed by atoms with Gasteiger partial charge in [-0.25, -0.2) is 0 Å². The summed E-state index contributed by atoms with van der Waals surface area (Å²) in [5, 5.41) is 13.9. The van der Waals surface area contributed by atoms with E-state index in [0.717, 1.165) is 35.1 Å². The molecular formula is C18H23NO3. The summed E-state index contributed by atoms with van der Waals surface area (Å²) in [5.74, 6) is 0.0106. The molecule has 1 aromatic rings. The second-order valence-electron chi connectivity index (χ2n) is 6.63. The molecule has 4 nitrogen and oxygen atoms in total. The van der Waals surface area contributed by atoms with E-state index in [0.29, 0.717) is 12.0 Å². The fourth-order valence-electron chi connectivity index (χ4n) is 4.02. The van der Waals surface area contributed by atoms with Crippen LogP contribution in [0.2, 0.25) is 0 Å². The Balaban J connectivity index is 2.11. The van der Waals surface area contributed by atoms with Crippen molar-refractivity contribution in [2.45, 2.75) is 51.7 Å². The fraction of sp³-hybridized carbons (Fsp3) is 0.500. The van der Waals surface area contributed by atoms with Crippen molar-refractivity contribution >= 4 is 11.5 Å². The van der Waals surface area contributed by atoms with Crippen LogP contribution in [0.4, 0.5) is 0 Å². The molecule has 2 atom stereocenters. The van der Waals surface area contributed by atoms with Crippen molar-refractivity contribution in [3.05, 3.63) is 40.1 Å². The highest BCUT2D eigenvalue weighted by atomic mass is 16.5. The number of aliphatic hydroxyl groups excluding tert-OH is 1. The van der Waals surface area contributed by atoms with Crippen LogP contribution in [-0.4, -0.2) is 29.8 Å². The van der Waals surface area contributed by atoms with Crippen LogP contribution < -0.4 is 5.32 Å². The van der Waals surface area contributed by atoms with Crippen molar-refractivity contribution in [2.24, 2.45) is 0 Å².